The Morgan fingerprint density at radius 1 is 1.03 bits per heavy atom. The van der Waals surface area contributed by atoms with Gasteiger partial charge in [-0.15, -0.1) is 0 Å². The number of rotatable bonds is 8. The minimum absolute atomic E-state index is 0.0716. The topological polar surface area (TPSA) is 81.0 Å². The molecule has 1 saturated heterocycles. The first-order chi connectivity index (χ1) is 15.1. The molecule has 0 spiro atoms. The van der Waals surface area contributed by atoms with E-state index in [2.05, 4.69) is 51.4 Å². The minimum Gasteiger partial charge on any atom is -0.352 e. The van der Waals surface area contributed by atoms with E-state index in [1.165, 1.54) is 31.4 Å². The van der Waals surface area contributed by atoms with Gasteiger partial charge in [-0.25, -0.2) is 4.79 Å². The molecule has 3 N–H and O–H groups in total. The number of hydrogen-bond donors (Lipinski definition) is 3. The maximum atomic E-state index is 12.2. The van der Waals surface area contributed by atoms with Crippen LogP contribution in [0, 0.1) is 0 Å². The van der Waals surface area contributed by atoms with E-state index in [4.69, 9.17) is 0 Å². The second-order valence-corrected chi connectivity index (χ2v) is 8.72. The molecule has 1 atom stereocenters. The summed E-state index contributed by atoms with van der Waals surface area (Å²) in [7, 11) is 0. The number of piperidine rings is 1. The highest BCUT2D eigenvalue weighted by molar-refractivity contribution is 5.76. The quantitative estimate of drug-likeness (QED) is 0.517. The van der Waals surface area contributed by atoms with Crippen molar-refractivity contribution in [3.63, 3.8) is 0 Å². The molecule has 0 saturated carbocycles. The number of H-pyrrole nitrogens is 2. The zero-order chi connectivity index (χ0) is 21.6. The van der Waals surface area contributed by atoms with Crippen molar-refractivity contribution in [1.29, 1.82) is 0 Å². The van der Waals surface area contributed by atoms with E-state index in [1.807, 2.05) is 18.2 Å². The van der Waals surface area contributed by atoms with Gasteiger partial charge in [0.15, 0.2) is 0 Å². The monoisotopic (exact) mass is 420 g/mol. The van der Waals surface area contributed by atoms with Gasteiger partial charge in [0, 0.05) is 25.6 Å². The summed E-state index contributed by atoms with van der Waals surface area (Å²) in [6.45, 7) is 5.09. The molecule has 6 nitrogen and oxygen atoms in total. The average molecular weight is 421 g/mol. The average Bonchev–Trinajstić information content (AvgIpc) is 3.14. The molecule has 4 rings (SSSR count). The first-order valence-corrected chi connectivity index (χ1v) is 11.4. The number of aryl methyl sites for hydroxylation is 1. The lowest BCUT2D eigenvalue weighted by Gasteiger charge is -2.33. The largest absolute Gasteiger partial charge is 0.352 e. The van der Waals surface area contributed by atoms with Gasteiger partial charge in [0.1, 0.15) is 0 Å². The van der Waals surface area contributed by atoms with Gasteiger partial charge in [-0.05, 0) is 68.0 Å². The highest BCUT2D eigenvalue weighted by Gasteiger charge is 2.17. The normalized spacial score (nSPS) is 17.1. The van der Waals surface area contributed by atoms with Crippen LogP contribution in [0.3, 0.4) is 0 Å². The molecule has 6 heteroatoms. The van der Waals surface area contributed by atoms with Crippen LogP contribution in [0.2, 0.25) is 0 Å². The molecule has 0 radical (unpaired) electrons. The summed E-state index contributed by atoms with van der Waals surface area (Å²) in [6, 6.07) is 15.1. The third kappa shape index (κ3) is 5.85. The highest BCUT2D eigenvalue weighted by atomic mass is 16.1. The minimum atomic E-state index is -0.194. The molecule has 1 aliphatic rings. The van der Waals surface area contributed by atoms with Crippen molar-refractivity contribution >= 4 is 16.9 Å². The molecule has 1 unspecified atom stereocenters. The number of nitrogens with zero attached hydrogens (tertiary/aromatic N) is 1. The summed E-state index contributed by atoms with van der Waals surface area (Å²) in [5, 5.41) is 3.02. The van der Waals surface area contributed by atoms with Gasteiger partial charge in [-0.1, -0.05) is 36.8 Å². The van der Waals surface area contributed by atoms with E-state index in [0.29, 0.717) is 19.0 Å². The number of benzene rings is 2. The summed E-state index contributed by atoms with van der Waals surface area (Å²) >= 11 is 0. The van der Waals surface area contributed by atoms with Crippen molar-refractivity contribution in [3.8, 4) is 0 Å². The molecule has 1 aliphatic heterocycles. The molecule has 0 aliphatic carbocycles. The summed E-state index contributed by atoms with van der Waals surface area (Å²) in [4.78, 5) is 31.6. The summed E-state index contributed by atoms with van der Waals surface area (Å²) in [6.07, 6.45) is 6.02. The number of fused-ring (bicyclic) bond motifs is 1. The number of hydrogen-bond acceptors (Lipinski definition) is 3. The lowest BCUT2D eigenvalue weighted by molar-refractivity contribution is -0.121. The number of aromatic nitrogens is 2. The van der Waals surface area contributed by atoms with Crippen LogP contribution in [0.25, 0.3) is 11.0 Å². The predicted octanol–water partition coefficient (Wildman–Crippen LogP) is 3.87. The fourth-order valence-corrected chi connectivity index (χ4v) is 4.37. The zero-order valence-electron chi connectivity index (χ0n) is 18.2. The molecular formula is C25H32N4O2. The maximum Gasteiger partial charge on any atom is 0.323 e. The van der Waals surface area contributed by atoms with Crippen molar-refractivity contribution < 1.29 is 4.79 Å². The number of nitrogens with one attached hydrogen (secondary N) is 3. The van der Waals surface area contributed by atoms with Gasteiger partial charge < -0.3 is 15.3 Å². The molecule has 1 fully saturated rings. The van der Waals surface area contributed by atoms with Crippen LogP contribution in [-0.2, 0) is 24.3 Å². The van der Waals surface area contributed by atoms with Crippen LogP contribution < -0.4 is 11.0 Å². The molecule has 1 aromatic heterocycles. The van der Waals surface area contributed by atoms with Crippen LogP contribution in [0.1, 0.15) is 55.7 Å². The van der Waals surface area contributed by atoms with Crippen LogP contribution in [-0.4, -0.2) is 33.4 Å². The Kier molecular flexibility index (Phi) is 6.87. The van der Waals surface area contributed by atoms with Crippen molar-refractivity contribution in [2.75, 3.05) is 6.54 Å². The Labute approximate surface area is 183 Å². The second kappa shape index (κ2) is 9.96. The van der Waals surface area contributed by atoms with Crippen LogP contribution in [0.4, 0.5) is 0 Å². The first-order valence-electron chi connectivity index (χ1n) is 11.4. The number of imidazole rings is 1. The Balaban J connectivity index is 1.19. The SMILES string of the molecule is CC1CCCCN1Cc1ccc(CNC(=O)CCCc2ccc3[nH]c(=O)[nH]c3c2)cc1. The van der Waals surface area contributed by atoms with Gasteiger partial charge in [-0.3, -0.25) is 9.69 Å². The number of carbonyl (C=O) groups is 1. The smallest absolute Gasteiger partial charge is 0.323 e. The summed E-state index contributed by atoms with van der Waals surface area (Å²) < 4.78 is 0. The van der Waals surface area contributed by atoms with E-state index in [9.17, 15) is 9.59 Å². The number of aromatic amines is 2. The van der Waals surface area contributed by atoms with E-state index < -0.39 is 0 Å². The standard InChI is InChI=1S/C25H32N4O2/c1-18-5-2-3-14-29(18)17-21-10-8-20(9-11-21)16-26-24(30)7-4-6-19-12-13-22-23(15-19)28-25(31)27-22/h8-13,15,18H,2-7,14,16-17H2,1H3,(H,26,30)(H2,27,28,31). The van der Waals surface area contributed by atoms with Crippen LogP contribution >= 0.6 is 0 Å². The highest BCUT2D eigenvalue weighted by Crippen LogP contribution is 2.19. The molecule has 31 heavy (non-hydrogen) atoms. The predicted molar refractivity (Wildman–Crippen MR) is 124 cm³/mol. The van der Waals surface area contributed by atoms with Gasteiger partial charge >= 0.3 is 5.69 Å². The van der Waals surface area contributed by atoms with Crippen LogP contribution in [0.5, 0.6) is 0 Å². The van der Waals surface area contributed by atoms with Crippen LogP contribution in [0.15, 0.2) is 47.3 Å². The summed E-state index contributed by atoms with van der Waals surface area (Å²) in [5.74, 6) is 0.0716. The fourth-order valence-electron chi connectivity index (χ4n) is 4.37. The first kappa shape index (κ1) is 21.4. The number of likely N-dealkylation sites (tertiary alicyclic amines) is 1. The molecule has 164 valence electrons. The lowest BCUT2D eigenvalue weighted by atomic mass is 10.0. The second-order valence-electron chi connectivity index (χ2n) is 8.72. The van der Waals surface area contributed by atoms with Crippen molar-refractivity contribution in [3.05, 3.63) is 69.6 Å². The fraction of sp³-hybridized carbons (Fsp3) is 0.440. The van der Waals surface area contributed by atoms with Crippen molar-refractivity contribution in [2.45, 2.75) is 64.6 Å². The van der Waals surface area contributed by atoms with Crippen molar-refractivity contribution in [2.24, 2.45) is 0 Å². The third-order valence-electron chi connectivity index (χ3n) is 6.29. The van der Waals surface area contributed by atoms with Gasteiger partial charge in [0.2, 0.25) is 5.91 Å². The Hall–Kier alpha value is -2.86. The number of amides is 1. The Bertz CT molecular complexity index is 1070. The van der Waals surface area contributed by atoms with E-state index in [-0.39, 0.29) is 11.6 Å². The van der Waals surface area contributed by atoms with Gasteiger partial charge in [-0.2, -0.15) is 0 Å². The third-order valence-corrected chi connectivity index (χ3v) is 6.29. The van der Waals surface area contributed by atoms with E-state index in [0.717, 1.165) is 41.5 Å². The molecule has 1 amide bonds. The number of carbonyl (C=O) groups excluding carboxylic acids is 1. The molecule has 2 heterocycles. The lowest BCUT2D eigenvalue weighted by Crippen LogP contribution is -2.36. The van der Waals surface area contributed by atoms with Gasteiger partial charge in [0.25, 0.3) is 0 Å². The molecule has 3 aromatic rings. The Morgan fingerprint density at radius 3 is 2.58 bits per heavy atom. The summed E-state index contributed by atoms with van der Waals surface area (Å²) in [5.41, 5.74) is 5.01. The molecular weight excluding hydrogens is 388 g/mol. The van der Waals surface area contributed by atoms with E-state index >= 15 is 0 Å². The molecule has 0 bridgehead atoms. The molecule has 2 aromatic carbocycles. The zero-order valence-corrected chi connectivity index (χ0v) is 18.2. The Morgan fingerprint density at radius 2 is 1.77 bits per heavy atom. The van der Waals surface area contributed by atoms with Crippen molar-refractivity contribution in [1.82, 2.24) is 20.2 Å². The van der Waals surface area contributed by atoms with Gasteiger partial charge in [0.05, 0.1) is 11.0 Å². The van der Waals surface area contributed by atoms with E-state index in [1.54, 1.807) is 0 Å². The maximum absolute atomic E-state index is 12.2.